The van der Waals surface area contributed by atoms with Crippen LogP contribution in [-0.2, 0) is 11.3 Å². The number of ether oxygens (including phenoxy) is 1. The second-order valence-electron chi connectivity index (χ2n) is 4.99. The maximum absolute atomic E-state index is 13.3. The lowest BCUT2D eigenvalue weighted by molar-refractivity contribution is 0.186. The Balaban J connectivity index is 0.00000242. The number of rotatable bonds is 5. The summed E-state index contributed by atoms with van der Waals surface area (Å²) >= 11 is 1.61. The van der Waals surface area contributed by atoms with Gasteiger partial charge in [-0.05, 0) is 36.4 Å². The average molecular weight is 439 g/mol. The molecule has 1 saturated heterocycles. The van der Waals surface area contributed by atoms with E-state index in [1.165, 1.54) is 6.07 Å². The van der Waals surface area contributed by atoms with E-state index in [-0.39, 0.29) is 29.8 Å². The van der Waals surface area contributed by atoms with Crippen molar-refractivity contribution in [2.75, 3.05) is 33.1 Å². The molecular weight excluding hydrogens is 416 g/mol. The molecule has 2 rings (SSSR count). The van der Waals surface area contributed by atoms with E-state index in [1.54, 1.807) is 24.9 Å². The van der Waals surface area contributed by atoms with Gasteiger partial charge in [-0.2, -0.15) is 0 Å². The van der Waals surface area contributed by atoms with Crippen LogP contribution in [-0.4, -0.2) is 39.0 Å². The molecule has 0 aromatic heterocycles. The zero-order valence-electron chi connectivity index (χ0n) is 12.9. The van der Waals surface area contributed by atoms with Crippen LogP contribution in [0.4, 0.5) is 4.39 Å². The van der Waals surface area contributed by atoms with Crippen molar-refractivity contribution >= 4 is 41.7 Å². The van der Waals surface area contributed by atoms with Crippen LogP contribution in [0.3, 0.4) is 0 Å². The van der Waals surface area contributed by atoms with Crippen LogP contribution in [0, 0.1) is 11.7 Å². The van der Waals surface area contributed by atoms with Crippen LogP contribution >= 0.6 is 35.7 Å². The van der Waals surface area contributed by atoms with Crippen LogP contribution in [0.25, 0.3) is 0 Å². The molecule has 4 nitrogen and oxygen atoms in total. The molecule has 1 aromatic rings. The topological polar surface area (TPSA) is 45.7 Å². The zero-order chi connectivity index (χ0) is 15.1. The third-order valence-corrected chi connectivity index (χ3v) is 4.33. The van der Waals surface area contributed by atoms with Crippen molar-refractivity contribution in [2.45, 2.75) is 17.9 Å². The van der Waals surface area contributed by atoms with Crippen LogP contribution in [0.5, 0.6) is 0 Å². The third-order valence-electron chi connectivity index (χ3n) is 3.49. The first-order valence-electron chi connectivity index (χ1n) is 7.07. The van der Waals surface area contributed by atoms with Crippen LogP contribution in [0.15, 0.2) is 28.1 Å². The summed E-state index contributed by atoms with van der Waals surface area (Å²) in [6, 6.07) is 4.86. The number of hydrogen-bond donors (Lipinski definition) is 2. The van der Waals surface area contributed by atoms with Gasteiger partial charge in [0.05, 0.1) is 6.61 Å². The Kier molecular flexibility index (Phi) is 9.11. The third kappa shape index (κ3) is 5.92. The van der Waals surface area contributed by atoms with Crippen molar-refractivity contribution in [1.82, 2.24) is 10.6 Å². The van der Waals surface area contributed by atoms with E-state index in [1.807, 2.05) is 12.3 Å². The van der Waals surface area contributed by atoms with Gasteiger partial charge in [0.1, 0.15) is 5.82 Å². The summed E-state index contributed by atoms with van der Waals surface area (Å²) in [4.78, 5) is 5.27. The second kappa shape index (κ2) is 10.3. The molecule has 1 heterocycles. The van der Waals surface area contributed by atoms with Crippen molar-refractivity contribution in [3.63, 3.8) is 0 Å². The Morgan fingerprint density at radius 2 is 2.27 bits per heavy atom. The number of hydrogen-bond acceptors (Lipinski definition) is 3. The summed E-state index contributed by atoms with van der Waals surface area (Å²) < 4.78 is 18.7. The number of guanidine groups is 1. The SMILES string of the molecule is CN=C(NCc1cc(F)ccc1SC)NCC1CCOC1.I. The van der Waals surface area contributed by atoms with E-state index in [0.29, 0.717) is 12.5 Å². The molecule has 0 radical (unpaired) electrons. The molecule has 0 aliphatic carbocycles. The molecule has 0 amide bonds. The van der Waals surface area contributed by atoms with Crippen molar-refractivity contribution in [2.24, 2.45) is 10.9 Å². The minimum absolute atomic E-state index is 0. The highest BCUT2D eigenvalue weighted by atomic mass is 127. The molecule has 22 heavy (non-hydrogen) atoms. The van der Waals surface area contributed by atoms with Gasteiger partial charge in [0.2, 0.25) is 0 Å². The lowest BCUT2D eigenvalue weighted by atomic mass is 10.1. The van der Waals surface area contributed by atoms with Gasteiger partial charge in [-0.25, -0.2) is 4.39 Å². The smallest absolute Gasteiger partial charge is 0.191 e. The molecule has 0 spiro atoms. The number of aliphatic imine (C=N–C) groups is 1. The number of benzene rings is 1. The van der Waals surface area contributed by atoms with Crippen molar-refractivity contribution < 1.29 is 9.13 Å². The number of nitrogens with zero attached hydrogens (tertiary/aromatic N) is 1. The monoisotopic (exact) mass is 439 g/mol. The first kappa shape index (κ1) is 19.5. The molecule has 1 aliphatic rings. The highest BCUT2D eigenvalue weighted by Crippen LogP contribution is 2.21. The zero-order valence-corrected chi connectivity index (χ0v) is 16.0. The largest absolute Gasteiger partial charge is 0.381 e. The Morgan fingerprint density at radius 3 is 2.91 bits per heavy atom. The maximum atomic E-state index is 13.3. The van der Waals surface area contributed by atoms with Gasteiger partial charge in [-0.1, -0.05) is 0 Å². The minimum atomic E-state index is -0.212. The molecular formula is C15H23FIN3OS. The quantitative estimate of drug-likeness (QED) is 0.321. The van der Waals surface area contributed by atoms with E-state index >= 15 is 0 Å². The summed E-state index contributed by atoms with van der Waals surface area (Å²) in [5.41, 5.74) is 0.939. The van der Waals surface area contributed by atoms with Gasteiger partial charge >= 0.3 is 0 Å². The predicted octanol–water partition coefficient (Wildman–Crippen LogP) is 2.87. The lowest BCUT2D eigenvalue weighted by Crippen LogP contribution is -2.39. The molecule has 1 aromatic carbocycles. The van der Waals surface area contributed by atoms with Crippen LogP contribution in [0.2, 0.25) is 0 Å². The fourth-order valence-corrected chi connectivity index (χ4v) is 2.87. The van der Waals surface area contributed by atoms with E-state index in [2.05, 4.69) is 15.6 Å². The first-order valence-corrected chi connectivity index (χ1v) is 8.30. The molecule has 0 saturated carbocycles. The molecule has 124 valence electrons. The van der Waals surface area contributed by atoms with Gasteiger partial charge in [0.25, 0.3) is 0 Å². The lowest BCUT2D eigenvalue weighted by Gasteiger charge is -2.15. The number of thioether (sulfide) groups is 1. The normalized spacial score (nSPS) is 18.0. The average Bonchev–Trinajstić information content (AvgIpc) is 3.01. The first-order chi connectivity index (χ1) is 10.2. The molecule has 1 atom stereocenters. The Hall–Kier alpha value is -0.540. The Bertz CT molecular complexity index is 496. The van der Waals surface area contributed by atoms with Gasteiger partial charge in [-0.15, -0.1) is 35.7 Å². The molecule has 1 unspecified atom stereocenters. The summed E-state index contributed by atoms with van der Waals surface area (Å²) in [7, 11) is 1.74. The minimum Gasteiger partial charge on any atom is -0.381 e. The van der Waals surface area contributed by atoms with Crippen molar-refractivity contribution in [3.05, 3.63) is 29.6 Å². The Labute approximate surface area is 152 Å². The summed E-state index contributed by atoms with van der Waals surface area (Å²) in [5.74, 6) is 1.06. The molecule has 7 heteroatoms. The molecule has 1 aliphatic heterocycles. The predicted molar refractivity (Wildman–Crippen MR) is 101 cm³/mol. The number of nitrogens with one attached hydrogen (secondary N) is 2. The summed E-state index contributed by atoms with van der Waals surface area (Å²) in [6.45, 7) is 3.05. The van der Waals surface area contributed by atoms with E-state index in [4.69, 9.17) is 4.74 Å². The summed E-state index contributed by atoms with van der Waals surface area (Å²) in [5, 5.41) is 6.52. The highest BCUT2D eigenvalue weighted by molar-refractivity contribution is 14.0. The fraction of sp³-hybridized carbons (Fsp3) is 0.533. The van der Waals surface area contributed by atoms with E-state index in [9.17, 15) is 4.39 Å². The molecule has 1 fully saturated rings. The van der Waals surface area contributed by atoms with Crippen LogP contribution in [0.1, 0.15) is 12.0 Å². The maximum Gasteiger partial charge on any atom is 0.191 e. The van der Waals surface area contributed by atoms with Gasteiger partial charge in [0.15, 0.2) is 5.96 Å². The van der Waals surface area contributed by atoms with Gasteiger partial charge < -0.3 is 15.4 Å². The van der Waals surface area contributed by atoms with Crippen molar-refractivity contribution in [1.29, 1.82) is 0 Å². The highest BCUT2D eigenvalue weighted by Gasteiger charge is 2.15. The number of halogens is 2. The van der Waals surface area contributed by atoms with Gasteiger partial charge in [-0.3, -0.25) is 4.99 Å². The Morgan fingerprint density at radius 1 is 1.45 bits per heavy atom. The molecule has 0 bridgehead atoms. The van der Waals surface area contributed by atoms with Crippen molar-refractivity contribution in [3.8, 4) is 0 Å². The summed E-state index contributed by atoms with van der Waals surface area (Å²) in [6.07, 6.45) is 3.08. The van der Waals surface area contributed by atoms with E-state index < -0.39 is 0 Å². The molecule has 2 N–H and O–H groups in total. The standard InChI is InChI=1S/C15H22FN3OS.HI/c1-17-15(18-8-11-5-6-20-10-11)19-9-12-7-13(16)3-4-14(12)21-2;/h3-4,7,11H,5-6,8-10H2,1-2H3,(H2,17,18,19);1H. The van der Waals surface area contributed by atoms with E-state index in [0.717, 1.165) is 42.6 Å². The fourth-order valence-electron chi connectivity index (χ4n) is 2.27. The van der Waals surface area contributed by atoms with Gasteiger partial charge in [0, 0.05) is 37.6 Å². The van der Waals surface area contributed by atoms with Crippen LogP contribution < -0.4 is 10.6 Å². The second-order valence-corrected chi connectivity index (χ2v) is 5.84.